The van der Waals surface area contributed by atoms with Crippen molar-refractivity contribution in [1.82, 2.24) is 0 Å². The quantitative estimate of drug-likeness (QED) is 0.895. The van der Waals surface area contributed by atoms with Crippen molar-refractivity contribution in [3.8, 4) is 6.07 Å². The first kappa shape index (κ1) is 15.8. The smallest absolute Gasteiger partial charge is 0.282 e. The Morgan fingerprint density at radius 2 is 2.14 bits per heavy atom. The summed E-state index contributed by atoms with van der Waals surface area (Å²) in [4.78, 5) is 13.7. The van der Waals surface area contributed by atoms with Crippen molar-refractivity contribution >= 4 is 23.2 Å². The van der Waals surface area contributed by atoms with E-state index in [1.165, 1.54) is 17.7 Å². The van der Waals surface area contributed by atoms with Crippen LogP contribution < -0.4 is 10.2 Å². The molecule has 0 aromatic heterocycles. The number of benzene rings is 1. The van der Waals surface area contributed by atoms with Crippen molar-refractivity contribution in [3.05, 3.63) is 28.8 Å². The van der Waals surface area contributed by atoms with Gasteiger partial charge in [0.05, 0.1) is 23.7 Å². The van der Waals surface area contributed by atoms with E-state index in [0.717, 1.165) is 19.0 Å². The molecule has 0 bridgehead atoms. The maximum absolute atomic E-state index is 12.3. The normalized spacial score (nSPS) is 23.1. The highest BCUT2D eigenvalue weighted by molar-refractivity contribution is 6.32. The lowest BCUT2D eigenvalue weighted by Crippen LogP contribution is -3.17. The average molecular weight is 307 g/mol. The van der Waals surface area contributed by atoms with E-state index >= 15 is 0 Å². The van der Waals surface area contributed by atoms with Crippen LogP contribution in [0.15, 0.2) is 18.2 Å². The second-order valence-electron chi connectivity index (χ2n) is 5.86. The van der Waals surface area contributed by atoms with Crippen molar-refractivity contribution in [1.29, 1.82) is 5.26 Å². The molecule has 2 N–H and O–H groups in total. The largest absolute Gasteiger partial charge is 0.325 e. The van der Waals surface area contributed by atoms with Crippen LogP contribution in [0.2, 0.25) is 5.02 Å². The zero-order valence-electron chi connectivity index (χ0n) is 12.4. The van der Waals surface area contributed by atoms with Crippen molar-refractivity contribution in [3.63, 3.8) is 0 Å². The molecule has 0 saturated carbocycles. The molecular weight excluding hydrogens is 286 g/mol. The highest BCUT2D eigenvalue weighted by atomic mass is 35.5. The highest BCUT2D eigenvalue weighted by Gasteiger charge is 2.28. The highest BCUT2D eigenvalue weighted by Crippen LogP contribution is 2.20. The van der Waals surface area contributed by atoms with Gasteiger partial charge in [0.2, 0.25) is 0 Å². The van der Waals surface area contributed by atoms with E-state index in [-0.39, 0.29) is 11.9 Å². The third-order valence-electron chi connectivity index (χ3n) is 4.28. The van der Waals surface area contributed by atoms with Gasteiger partial charge in [-0.2, -0.15) is 5.26 Å². The Morgan fingerprint density at radius 1 is 1.48 bits per heavy atom. The molecule has 1 aromatic rings. The van der Waals surface area contributed by atoms with Crippen LogP contribution in [-0.4, -0.2) is 25.0 Å². The van der Waals surface area contributed by atoms with Crippen LogP contribution in [-0.2, 0) is 4.79 Å². The molecule has 1 aliphatic heterocycles. The number of amides is 1. The summed E-state index contributed by atoms with van der Waals surface area (Å²) in [5, 5.41) is 12.1. The van der Waals surface area contributed by atoms with Crippen molar-refractivity contribution in [2.75, 3.05) is 18.4 Å². The second-order valence-corrected chi connectivity index (χ2v) is 6.27. The number of likely N-dealkylation sites (tertiary alicyclic amines) is 1. The number of nitrogens with zero attached hydrogens (tertiary/aromatic N) is 1. The van der Waals surface area contributed by atoms with Gasteiger partial charge >= 0.3 is 0 Å². The predicted molar refractivity (Wildman–Crippen MR) is 83.4 cm³/mol. The first-order valence-electron chi connectivity index (χ1n) is 7.36. The van der Waals surface area contributed by atoms with Gasteiger partial charge in [-0.25, -0.2) is 0 Å². The molecule has 21 heavy (non-hydrogen) atoms. The fourth-order valence-corrected chi connectivity index (χ4v) is 2.91. The summed E-state index contributed by atoms with van der Waals surface area (Å²) in [7, 11) is 0. The molecule has 5 heteroatoms. The minimum Gasteiger partial charge on any atom is -0.325 e. The number of hydrogen-bond acceptors (Lipinski definition) is 2. The molecule has 1 saturated heterocycles. The Hall–Kier alpha value is -1.57. The minimum atomic E-state index is -0.0769. The summed E-state index contributed by atoms with van der Waals surface area (Å²) in [5.41, 5.74) is 1.05. The second kappa shape index (κ2) is 6.93. The summed E-state index contributed by atoms with van der Waals surface area (Å²) >= 11 is 5.98. The number of piperidine rings is 1. The van der Waals surface area contributed by atoms with Crippen LogP contribution in [0.25, 0.3) is 0 Å². The fourth-order valence-electron chi connectivity index (χ4n) is 2.69. The van der Waals surface area contributed by atoms with Gasteiger partial charge in [0.15, 0.2) is 6.04 Å². The average Bonchev–Trinajstić information content (AvgIpc) is 2.47. The Labute approximate surface area is 130 Å². The van der Waals surface area contributed by atoms with Crippen LogP contribution in [0.5, 0.6) is 0 Å². The molecule has 4 nitrogen and oxygen atoms in total. The van der Waals surface area contributed by atoms with Gasteiger partial charge in [0, 0.05) is 5.69 Å². The molecular formula is C16H21ClN3O+. The number of hydrogen-bond donors (Lipinski definition) is 2. The topological polar surface area (TPSA) is 57.3 Å². The van der Waals surface area contributed by atoms with E-state index in [0.29, 0.717) is 16.3 Å². The number of anilines is 1. The van der Waals surface area contributed by atoms with Crippen molar-refractivity contribution in [2.24, 2.45) is 5.92 Å². The van der Waals surface area contributed by atoms with Crippen LogP contribution >= 0.6 is 11.6 Å². The van der Waals surface area contributed by atoms with Gasteiger partial charge < -0.3 is 10.2 Å². The van der Waals surface area contributed by atoms with Gasteiger partial charge in [-0.1, -0.05) is 18.5 Å². The molecule has 1 aromatic carbocycles. The van der Waals surface area contributed by atoms with Gasteiger partial charge in [-0.05, 0) is 43.9 Å². The molecule has 112 valence electrons. The Bertz CT molecular complexity index is 559. The molecule has 2 rings (SSSR count). The molecule has 1 atom stereocenters. The van der Waals surface area contributed by atoms with Crippen molar-refractivity contribution in [2.45, 2.75) is 32.7 Å². The van der Waals surface area contributed by atoms with Crippen LogP contribution in [0.1, 0.15) is 32.3 Å². The number of carbonyl (C=O) groups excluding carboxylic acids is 1. The van der Waals surface area contributed by atoms with E-state index in [9.17, 15) is 4.79 Å². The lowest BCUT2D eigenvalue weighted by molar-refractivity contribution is -0.919. The SMILES string of the molecule is CC1CC[NH+]([C@H](C)C(=O)Nc2ccc(C#N)c(Cl)c2)CC1. The lowest BCUT2D eigenvalue weighted by Gasteiger charge is -2.31. The van der Waals surface area contributed by atoms with Crippen LogP contribution in [0.3, 0.4) is 0 Å². The van der Waals surface area contributed by atoms with E-state index in [1.807, 2.05) is 13.0 Å². The number of carbonyl (C=O) groups is 1. The molecule has 1 aliphatic rings. The first-order valence-corrected chi connectivity index (χ1v) is 7.74. The Kier molecular flexibility index (Phi) is 5.22. The van der Waals surface area contributed by atoms with E-state index < -0.39 is 0 Å². The third kappa shape index (κ3) is 3.96. The van der Waals surface area contributed by atoms with Gasteiger partial charge in [-0.3, -0.25) is 4.79 Å². The zero-order chi connectivity index (χ0) is 15.4. The third-order valence-corrected chi connectivity index (χ3v) is 4.59. The van der Waals surface area contributed by atoms with E-state index in [1.54, 1.807) is 18.2 Å². The predicted octanol–water partition coefficient (Wildman–Crippen LogP) is 1.85. The lowest BCUT2D eigenvalue weighted by atomic mass is 9.98. The van der Waals surface area contributed by atoms with Crippen LogP contribution in [0.4, 0.5) is 5.69 Å². The zero-order valence-corrected chi connectivity index (χ0v) is 13.2. The summed E-state index contributed by atoms with van der Waals surface area (Å²) < 4.78 is 0. The molecule has 1 fully saturated rings. The Morgan fingerprint density at radius 3 is 2.71 bits per heavy atom. The molecule has 0 spiro atoms. The summed E-state index contributed by atoms with van der Waals surface area (Å²) in [5.74, 6) is 0.765. The minimum absolute atomic E-state index is 0.000303. The monoisotopic (exact) mass is 306 g/mol. The summed E-state index contributed by atoms with van der Waals surface area (Å²) in [6, 6.07) is 6.89. The van der Waals surface area contributed by atoms with Gasteiger partial charge in [0.25, 0.3) is 5.91 Å². The van der Waals surface area contributed by atoms with Gasteiger partial charge in [-0.15, -0.1) is 0 Å². The van der Waals surface area contributed by atoms with Crippen molar-refractivity contribution < 1.29 is 9.69 Å². The molecule has 1 heterocycles. The number of nitrogens with one attached hydrogen (secondary N) is 2. The maximum atomic E-state index is 12.3. The summed E-state index contributed by atoms with van der Waals surface area (Å²) in [6.45, 7) is 6.32. The molecule has 0 radical (unpaired) electrons. The number of rotatable bonds is 3. The number of nitriles is 1. The summed E-state index contributed by atoms with van der Waals surface area (Å²) in [6.07, 6.45) is 2.35. The number of quaternary nitrogens is 1. The molecule has 1 amide bonds. The van der Waals surface area contributed by atoms with E-state index in [2.05, 4.69) is 12.2 Å². The Balaban J connectivity index is 1.97. The fraction of sp³-hybridized carbons (Fsp3) is 0.500. The van der Waals surface area contributed by atoms with Gasteiger partial charge in [0.1, 0.15) is 6.07 Å². The maximum Gasteiger partial charge on any atom is 0.282 e. The molecule has 0 unspecified atom stereocenters. The first-order chi connectivity index (χ1) is 10.0. The number of halogens is 1. The van der Waals surface area contributed by atoms with E-state index in [4.69, 9.17) is 16.9 Å². The standard InChI is InChI=1S/C16H20ClN3O/c1-11-5-7-20(8-6-11)12(2)16(21)19-14-4-3-13(10-18)15(17)9-14/h3-4,9,11-12H,5-8H2,1-2H3,(H,19,21)/p+1/t12-/m1/s1. The van der Waals surface area contributed by atoms with Crippen LogP contribution in [0, 0.1) is 17.2 Å². The molecule has 0 aliphatic carbocycles.